The van der Waals surface area contributed by atoms with E-state index in [1.807, 2.05) is 0 Å². The number of hydrogen-bond donors (Lipinski definition) is 0. The molecular formula is C9H14F2O. The molecule has 2 rings (SSSR count). The number of ether oxygens (including phenoxy) is 1. The number of hydrogen-bond acceptors (Lipinski definition) is 1. The minimum absolute atomic E-state index is 0.157. The molecule has 2 fully saturated rings. The van der Waals surface area contributed by atoms with Crippen LogP contribution in [0.5, 0.6) is 0 Å². The van der Waals surface area contributed by atoms with Gasteiger partial charge in [0, 0.05) is 0 Å². The fourth-order valence-corrected chi connectivity index (χ4v) is 2.63. The molecule has 2 aliphatic rings. The fraction of sp³-hybridized carbons (Fsp3) is 1.00. The van der Waals surface area contributed by atoms with Crippen LogP contribution >= 0.6 is 0 Å². The molecule has 4 unspecified atom stereocenters. The second-order valence-electron chi connectivity index (χ2n) is 4.19. The lowest BCUT2D eigenvalue weighted by Crippen LogP contribution is -2.23. The van der Waals surface area contributed by atoms with Gasteiger partial charge in [-0.25, -0.2) is 8.78 Å². The molecule has 1 aliphatic heterocycles. The smallest absolute Gasteiger partial charge is 0.264 e. The van der Waals surface area contributed by atoms with Gasteiger partial charge in [0.25, 0.3) is 6.43 Å². The van der Waals surface area contributed by atoms with Gasteiger partial charge < -0.3 is 4.74 Å². The molecule has 0 spiro atoms. The minimum Gasteiger partial charge on any atom is -0.372 e. The van der Waals surface area contributed by atoms with Crippen molar-refractivity contribution in [3.05, 3.63) is 0 Å². The standard InChI is InChI=1S/C9H14F2O/c1-4(2)6-5-3-12-8(7(5)6)9(10)11/h4-9H,3H2,1-2H3. The fourth-order valence-electron chi connectivity index (χ4n) is 2.63. The van der Waals surface area contributed by atoms with Crippen LogP contribution < -0.4 is 0 Å². The number of alkyl halides is 2. The van der Waals surface area contributed by atoms with Gasteiger partial charge in [0.05, 0.1) is 6.61 Å². The number of halogens is 2. The van der Waals surface area contributed by atoms with Gasteiger partial charge in [-0.1, -0.05) is 13.8 Å². The van der Waals surface area contributed by atoms with Crippen molar-refractivity contribution in [1.82, 2.24) is 0 Å². The van der Waals surface area contributed by atoms with E-state index >= 15 is 0 Å². The average Bonchev–Trinajstić information content (AvgIpc) is 2.52. The molecule has 3 heteroatoms. The third-order valence-corrected chi connectivity index (χ3v) is 3.17. The maximum Gasteiger partial charge on any atom is 0.264 e. The third kappa shape index (κ3) is 1.06. The van der Waals surface area contributed by atoms with Gasteiger partial charge in [-0.3, -0.25) is 0 Å². The molecule has 1 saturated carbocycles. The van der Waals surface area contributed by atoms with Gasteiger partial charge in [-0.15, -0.1) is 0 Å². The topological polar surface area (TPSA) is 9.23 Å². The van der Waals surface area contributed by atoms with Crippen LogP contribution in [0, 0.1) is 23.7 Å². The molecule has 0 radical (unpaired) electrons. The van der Waals surface area contributed by atoms with Crippen molar-refractivity contribution in [2.75, 3.05) is 6.61 Å². The zero-order valence-electron chi connectivity index (χ0n) is 7.34. The third-order valence-electron chi connectivity index (χ3n) is 3.17. The van der Waals surface area contributed by atoms with Gasteiger partial charge >= 0.3 is 0 Å². The molecular weight excluding hydrogens is 162 g/mol. The molecule has 0 N–H and O–H groups in total. The Kier molecular flexibility index (Phi) is 1.86. The highest BCUT2D eigenvalue weighted by Gasteiger charge is 2.62. The summed E-state index contributed by atoms with van der Waals surface area (Å²) in [4.78, 5) is 0. The largest absolute Gasteiger partial charge is 0.372 e. The summed E-state index contributed by atoms with van der Waals surface area (Å²) in [7, 11) is 0. The van der Waals surface area contributed by atoms with Crippen LogP contribution in [-0.2, 0) is 4.74 Å². The summed E-state index contributed by atoms with van der Waals surface area (Å²) >= 11 is 0. The van der Waals surface area contributed by atoms with Crippen molar-refractivity contribution in [1.29, 1.82) is 0 Å². The van der Waals surface area contributed by atoms with Crippen LogP contribution in [0.15, 0.2) is 0 Å². The highest BCUT2D eigenvalue weighted by molar-refractivity contribution is 5.06. The summed E-state index contributed by atoms with van der Waals surface area (Å²) in [6.45, 7) is 4.76. The summed E-state index contributed by atoms with van der Waals surface area (Å²) in [5, 5.41) is 0. The molecule has 0 amide bonds. The first-order valence-corrected chi connectivity index (χ1v) is 4.52. The highest BCUT2D eigenvalue weighted by Crippen LogP contribution is 2.58. The van der Waals surface area contributed by atoms with E-state index in [1.165, 1.54) is 0 Å². The Morgan fingerprint density at radius 2 is 2.00 bits per heavy atom. The van der Waals surface area contributed by atoms with E-state index in [1.54, 1.807) is 0 Å². The van der Waals surface area contributed by atoms with Crippen molar-refractivity contribution < 1.29 is 13.5 Å². The molecule has 4 atom stereocenters. The highest BCUT2D eigenvalue weighted by atomic mass is 19.3. The molecule has 70 valence electrons. The van der Waals surface area contributed by atoms with E-state index in [-0.39, 0.29) is 5.92 Å². The van der Waals surface area contributed by atoms with E-state index < -0.39 is 12.5 Å². The second-order valence-corrected chi connectivity index (χ2v) is 4.19. The van der Waals surface area contributed by atoms with Crippen LogP contribution in [0.1, 0.15) is 13.8 Å². The van der Waals surface area contributed by atoms with Crippen LogP contribution in [0.4, 0.5) is 8.78 Å². The zero-order valence-corrected chi connectivity index (χ0v) is 7.34. The van der Waals surface area contributed by atoms with Gasteiger partial charge in [-0.05, 0) is 23.7 Å². The van der Waals surface area contributed by atoms with Crippen LogP contribution in [0.3, 0.4) is 0 Å². The van der Waals surface area contributed by atoms with Gasteiger partial charge in [-0.2, -0.15) is 0 Å². The monoisotopic (exact) mass is 176 g/mol. The molecule has 1 aliphatic carbocycles. The Morgan fingerprint density at radius 1 is 1.33 bits per heavy atom. The van der Waals surface area contributed by atoms with Crippen molar-refractivity contribution in [2.24, 2.45) is 23.7 Å². The predicted molar refractivity (Wildman–Crippen MR) is 41.1 cm³/mol. The van der Waals surface area contributed by atoms with E-state index in [9.17, 15) is 8.78 Å². The molecule has 0 aromatic rings. The normalized spacial score (nSPS) is 45.5. The predicted octanol–water partition coefficient (Wildman–Crippen LogP) is 2.17. The summed E-state index contributed by atoms with van der Waals surface area (Å²) in [5.74, 6) is 1.62. The second kappa shape index (κ2) is 2.66. The van der Waals surface area contributed by atoms with E-state index in [0.717, 1.165) is 0 Å². The Balaban J connectivity index is 1.98. The summed E-state index contributed by atoms with van der Waals surface area (Å²) < 4.78 is 29.7. The Hall–Kier alpha value is -0.180. The van der Waals surface area contributed by atoms with Gasteiger partial charge in [0.15, 0.2) is 0 Å². The SMILES string of the molecule is CC(C)C1C2COC(C(F)F)C21. The van der Waals surface area contributed by atoms with Gasteiger partial charge in [0.2, 0.25) is 0 Å². The Bertz CT molecular complexity index is 181. The van der Waals surface area contributed by atoms with Crippen molar-refractivity contribution in [3.63, 3.8) is 0 Å². The first-order chi connectivity index (χ1) is 5.63. The molecule has 1 nitrogen and oxygen atoms in total. The van der Waals surface area contributed by atoms with Gasteiger partial charge in [0.1, 0.15) is 6.10 Å². The summed E-state index contributed by atoms with van der Waals surface area (Å²) in [5.41, 5.74) is 0. The number of fused-ring (bicyclic) bond motifs is 1. The maximum atomic E-state index is 12.3. The van der Waals surface area contributed by atoms with Crippen molar-refractivity contribution in [3.8, 4) is 0 Å². The molecule has 0 aromatic heterocycles. The Morgan fingerprint density at radius 3 is 2.42 bits per heavy atom. The first kappa shape index (κ1) is 8.42. The molecule has 0 aromatic carbocycles. The summed E-state index contributed by atoms with van der Waals surface area (Å²) in [6.07, 6.45) is -3.05. The molecule has 0 bridgehead atoms. The van der Waals surface area contributed by atoms with Crippen LogP contribution in [0.2, 0.25) is 0 Å². The van der Waals surface area contributed by atoms with Crippen LogP contribution in [-0.4, -0.2) is 19.1 Å². The minimum atomic E-state index is -2.29. The zero-order chi connectivity index (χ0) is 8.88. The number of rotatable bonds is 2. The van der Waals surface area contributed by atoms with Crippen molar-refractivity contribution >= 4 is 0 Å². The van der Waals surface area contributed by atoms with E-state index in [2.05, 4.69) is 13.8 Å². The Labute approximate surface area is 71.1 Å². The maximum absolute atomic E-state index is 12.3. The first-order valence-electron chi connectivity index (χ1n) is 4.52. The van der Waals surface area contributed by atoms with Crippen molar-refractivity contribution in [2.45, 2.75) is 26.4 Å². The summed E-state index contributed by atoms with van der Waals surface area (Å²) in [6, 6.07) is 0. The molecule has 1 saturated heterocycles. The molecule has 1 heterocycles. The van der Waals surface area contributed by atoms with E-state index in [0.29, 0.717) is 24.4 Å². The lowest BCUT2D eigenvalue weighted by atomic mass is 10.0. The quantitative estimate of drug-likeness (QED) is 0.626. The lowest BCUT2D eigenvalue weighted by Gasteiger charge is -2.15. The average molecular weight is 176 g/mol. The molecule has 12 heavy (non-hydrogen) atoms. The van der Waals surface area contributed by atoms with Crippen LogP contribution in [0.25, 0.3) is 0 Å². The lowest BCUT2D eigenvalue weighted by molar-refractivity contribution is -0.0491. The van der Waals surface area contributed by atoms with E-state index in [4.69, 9.17) is 4.74 Å².